The van der Waals surface area contributed by atoms with Crippen molar-refractivity contribution in [2.45, 2.75) is 12.8 Å². The number of nitrogens with zero attached hydrogens (tertiary/aromatic N) is 2. The van der Waals surface area contributed by atoms with Gasteiger partial charge in [0.05, 0.1) is 16.1 Å². The highest BCUT2D eigenvalue weighted by Crippen LogP contribution is 2.37. The molecule has 2 aromatic rings. The van der Waals surface area contributed by atoms with Gasteiger partial charge in [0.25, 0.3) is 0 Å². The van der Waals surface area contributed by atoms with Gasteiger partial charge in [0, 0.05) is 5.56 Å². The Labute approximate surface area is 118 Å². The fourth-order valence-electron chi connectivity index (χ4n) is 2.08. The van der Waals surface area contributed by atoms with E-state index in [1.54, 1.807) is 0 Å². The van der Waals surface area contributed by atoms with Gasteiger partial charge < -0.3 is 4.74 Å². The molecule has 0 aliphatic carbocycles. The summed E-state index contributed by atoms with van der Waals surface area (Å²) < 4.78 is 6.39. The van der Waals surface area contributed by atoms with Gasteiger partial charge in [-0.05, 0) is 28.9 Å². The van der Waals surface area contributed by atoms with E-state index in [0.29, 0.717) is 17.6 Å². The van der Waals surface area contributed by atoms with Gasteiger partial charge in [0.1, 0.15) is 23.3 Å². The van der Waals surface area contributed by atoms with Crippen LogP contribution in [0.25, 0.3) is 0 Å². The largest absolute Gasteiger partial charge is 0.492 e. The lowest BCUT2D eigenvalue weighted by Gasteiger charge is -2.10. The molecule has 0 amide bonds. The molecule has 1 aliphatic rings. The van der Waals surface area contributed by atoms with Crippen LogP contribution in [0.2, 0.25) is 5.15 Å². The van der Waals surface area contributed by atoms with E-state index in [0.717, 1.165) is 21.5 Å². The van der Waals surface area contributed by atoms with Crippen molar-refractivity contribution in [3.8, 4) is 5.75 Å². The van der Waals surface area contributed by atoms with E-state index in [9.17, 15) is 0 Å². The zero-order chi connectivity index (χ0) is 12.7. The van der Waals surface area contributed by atoms with Crippen LogP contribution in [0, 0.1) is 6.92 Å². The molecule has 0 saturated heterocycles. The minimum absolute atomic E-state index is 0.0606. The smallest absolute Gasteiger partial charge is 0.147 e. The minimum atomic E-state index is 0.0606. The van der Waals surface area contributed by atoms with E-state index in [1.807, 2.05) is 31.2 Å². The molecule has 1 aromatic carbocycles. The van der Waals surface area contributed by atoms with Crippen LogP contribution in [0.15, 0.2) is 28.7 Å². The Morgan fingerprint density at radius 2 is 2.11 bits per heavy atom. The van der Waals surface area contributed by atoms with Crippen molar-refractivity contribution < 1.29 is 4.74 Å². The van der Waals surface area contributed by atoms with Crippen LogP contribution in [0.3, 0.4) is 0 Å². The van der Waals surface area contributed by atoms with Crippen LogP contribution in [0.4, 0.5) is 0 Å². The number of rotatable bonds is 1. The van der Waals surface area contributed by atoms with E-state index in [2.05, 4.69) is 25.9 Å². The number of halogens is 2. The molecule has 1 aromatic heterocycles. The molecule has 0 fully saturated rings. The lowest BCUT2D eigenvalue weighted by molar-refractivity contribution is 0.339. The van der Waals surface area contributed by atoms with Crippen molar-refractivity contribution in [1.29, 1.82) is 0 Å². The first kappa shape index (κ1) is 11.9. The summed E-state index contributed by atoms with van der Waals surface area (Å²) in [4.78, 5) is 8.83. The molecule has 3 rings (SSSR count). The van der Waals surface area contributed by atoms with Crippen molar-refractivity contribution in [3.63, 3.8) is 0 Å². The fourth-order valence-corrected chi connectivity index (χ4v) is 2.48. The molecule has 0 N–H and O–H groups in total. The number of fused-ring (bicyclic) bond motifs is 1. The van der Waals surface area contributed by atoms with Crippen LogP contribution in [-0.4, -0.2) is 16.6 Å². The van der Waals surface area contributed by atoms with E-state index in [-0.39, 0.29) is 5.92 Å². The number of aromatic nitrogens is 2. The van der Waals surface area contributed by atoms with Crippen LogP contribution >= 0.6 is 27.5 Å². The Kier molecular flexibility index (Phi) is 2.99. The first-order valence-electron chi connectivity index (χ1n) is 5.58. The summed E-state index contributed by atoms with van der Waals surface area (Å²) in [6, 6.07) is 7.96. The van der Waals surface area contributed by atoms with Gasteiger partial charge in [0.15, 0.2) is 0 Å². The number of para-hydroxylation sites is 1. The third kappa shape index (κ3) is 1.89. The minimum Gasteiger partial charge on any atom is -0.492 e. The van der Waals surface area contributed by atoms with Crippen LogP contribution < -0.4 is 4.74 Å². The Morgan fingerprint density at radius 1 is 1.33 bits per heavy atom. The maximum absolute atomic E-state index is 6.09. The SMILES string of the molecule is Cc1nc(C2COc3ccccc32)nc(Cl)c1Br. The van der Waals surface area contributed by atoms with Crippen molar-refractivity contribution in [3.05, 3.63) is 51.0 Å². The summed E-state index contributed by atoms with van der Waals surface area (Å²) >= 11 is 9.45. The molecular formula is C13H10BrClN2O. The Morgan fingerprint density at radius 3 is 2.89 bits per heavy atom. The van der Waals surface area contributed by atoms with E-state index < -0.39 is 0 Å². The number of aryl methyl sites for hydroxylation is 1. The van der Waals surface area contributed by atoms with Gasteiger partial charge in [-0.2, -0.15) is 0 Å². The lowest BCUT2D eigenvalue weighted by Crippen LogP contribution is -2.09. The highest BCUT2D eigenvalue weighted by atomic mass is 79.9. The predicted octanol–water partition coefficient (Wildman–Crippen LogP) is 3.73. The van der Waals surface area contributed by atoms with Gasteiger partial charge in [-0.15, -0.1) is 0 Å². The van der Waals surface area contributed by atoms with Gasteiger partial charge in [-0.3, -0.25) is 0 Å². The Hall–Kier alpha value is -1.13. The van der Waals surface area contributed by atoms with Crippen molar-refractivity contribution >= 4 is 27.5 Å². The summed E-state index contributed by atoms with van der Waals surface area (Å²) in [7, 11) is 0. The van der Waals surface area contributed by atoms with Gasteiger partial charge >= 0.3 is 0 Å². The third-order valence-corrected chi connectivity index (χ3v) is 4.46. The van der Waals surface area contributed by atoms with Crippen LogP contribution in [0.1, 0.15) is 23.0 Å². The molecule has 2 heterocycles. The van der Waals surface area contributed by atoms with Crippen molar-refractivity contribution in [2.75, 3.05) is 6.61 Å². The number of hydrogen-bond donors (Lipinski definition) is 0. The average molecular weight is 326 g/mol. The van der Waals surface area contributed by atoms with Gasteiger partial charge in [-0.1, -0.05) is 29.8 Å². The van der Waals surface area contributed by atoms with Gasteiger partial charge in [0.2, 0.25) is 0 Å². The molecule has 5 heteroatoms. The molecule has 0 bridgehead atoms. The number of benzene rings is 1. The summed E-state index contributed by atoms with van der Waals surface area (Å²) in [6.45, 7) is 2.47. The van der Waals surface area contributed by atoms with Crippen LogP contribution in [0.5, 0.6) is 5.75 Å². The molecular weight excluding hydrogens is 316 g/mol. The second-order valence-electron chi connectivity index (χ2n) is 4.17. The first-order chi connectivity index (χ1) is 8.66. The monoisotopic (exact) mass is 324 g/mol. The number of ether oxygens (including phenoxy) is 1. The lowest BCUT2D eigenvalue weighted by atomic mass is 10.0. The first-order valence-corrected chi connectivity index (χ1v) is 6.75. The topological polar surface area (TPSA) is 35.0 Å². The predicted molar refractivity (Wildman–Crippen MR) is 73.3 cm³/mol. The second kappa shape index (κ2) is 4.52. The zero-order valence-electron chi connectivity index (χ0n) is 9.65. The Balaban J connectivity index is 2.08. The summed E-state index contributed by atoms with van der Waals surface area (Å²) in [5.41, 5.74) is 1.96. The molecule has 1 unspecified atom stereocenters. The standard InChI is InChI=1S/C13H10BrClN2O/c1-7-11(14)12(15)17-13(16-7)9-6-18-10-5-3-2-4-8(9)10/h2-5,9H,6H2,1H3. The summed E-state index contributed by atoms with van der Waals surface area (Å²) in [6.07, 6.45) is 0. The van der Waals surface area contributed by atoms with Crippen molar-refractivity contribution in [1.82, 2.24) is 9.97 Å². The third-order valence-electron chi connectivity index (χ3n) is 3.01. The van der Waals surface area contributed by atoms with E-state index in [1.165, 1.54) is 0 Å². The molecule has 0 saturated carbocycles. The summed E-state index contributed by atoms with van der Waals surface area (Å²) in [5.74, 6) is 1.68. The molecule has 1 atom stereocenters. The van der Waals surface area contributed by atoms with Crippen LogP contribution in [-0.2, 0) is 0 Å². The molecule has 1 aliphatic heterocycles. The zero-order valence-corrected chi connectivity index (χ0v) is 12.0. The molecule has 0 radical (unpaired) electrons. The highest BCUT2D eigenvalue weighted by Gasteiger charge is 2.28. The quantitative estimate of drug-likeness (QED) is 0.750. The average Bonchev–Trinajstić information content (AvgIpc) is 2.79. The maximum Gasteiger partial charge on any atom is 0.147 e. The second-order valence-corrected chi connectivity index (χ2v) is 5.32. The highest BCUT2D eigenvalue weighted by molar-refractivity contribution is 9.10. The molecule has 0 spiro atoms. The van der Waals surface area contributed by atoms with E-state index >= 15 is 0 Å². The van der Waals surface area contributed by atoms with Gasteiger partial charge in [-0.25, -0.2) is 9.97 Å². The Bertz CT molecular complexity index is 595. The number of hydrogen-bond acceptors (Lipinski definition) is 3. The van der Waals surface area contributed by atoms with Crippen molar-refractivity contribution in [2.24, 2.45) is 0 Å². The maximum atomic E-state index is 6.09. The normalized spacial score (nSPS) is 17.4. The molecule has 3 nitrogen and oxygen atoms in total. The fraction of sp³-hybridized carbons (Fsp3) is 0.231. The summed E-state index contributed by atoms with van der Waals surface area (Å²) in [5, 5.41) is 0.446. The molecule has 18 heavy (non-hydrogen) atoms. The van der Waals surface area contributed by atoms with E-state index in [4.69, 9.17) is 16.3 Å². The molecule has 92 valence electrons.